The topological polar surface area (TPSA) is 41.3 Å². The van der Waals surface area contributed by atoms with Crippen molar-refractivity contribution in [1.29, 1.82) is 0 Å². The first kappa shape index (κ1) is 12.2. The lowest BCUT2D eigenvalue weighted by Gasteiger charge is -2.32. The number of nitrogens with two attached hydrogens (primary N) is 1. The Balaban J connectivity index is 1.92. The number of piperidine rings is 1. The first-order valence-corrected chi connectivity index (χ1v) is 6.16. The van der Waals surface area contributed by atoms with Crippen molar-refractivity contribution >= 4 is 11.4 Å². The van der Waals surface area contributed by atoms with E-state index in [9.17, 15) is 4.39 Å². The summed E-state index contributed by atoms with van der Waals surface area (Å²) in [5.41, 5.74) is 7.06. The van der Waals surface area contributed by atoms with Crippen molar-refractivity contribution in [1.82, 2.24) is 4.90 Å². The van der Waals surface area contributed by atoms with E-state index < -0.39 is 0 Å². The van der Waals surface area contributed by atoms with Gasteiger partial charge in [-0.15, -0.1) is 0 Å². The minimum absolute atomic E-state index is 0.289. The summed E-state index contributed by atoms with van der Waals surface area (Å²) >= 11 is 0. The second-order valence-electron chi connectivity index (χ2n) is 4.74. The largest absolute Gasteiger partial charge is 0.397 e. The summed E-state index contributed by atoms with van der Waals surface area (Å²) in [4.78, 5) is 2.37. The predicted octanol–water partition coefficient (Wildman–Crippen LogP) is 2.30. The van der Waals surface area contributed by atoms with E-state index in [4.69, 9.17) is 5.73 Å². The molecule has 0 amide bonds. The number of hydrogen-bond donors (Lipinski definition) is 2. The van der Waals surface area contributed by atoms with Crippen molar-refractivity contribution < 1.29 is 4.39 Å². The molecule has 3 N–H and O–H groups in total. The van der Waals surface area contributed by atoms with Crippen molar-refractivity contribution in [3.63, 3.8) is 0 Å². The third-order valence-corrected chi connectivity index (χ3v) is 3.46. The van der Waals surface area contributed by atoms with Crippen LogP contribution in [0.1, 0.15) is 19.3 Å². The number of rotatable bonds is 3. The van der Waals surface area contributed by atoms with Gasteiger partial charge in [0.2, 0.25) is 0 Å². The van der Waals surface area contributed by atoms with Crippen LogP contribution in [0.3, 0.4) is 0 Å². The first-order valence-electron chi connectivity index (χ1n) is 6.16. The van der Waals surface area contributed by atoms with Crippen LogP contribution in [0.5, 0.6) is 0 Å². The Bertz CT molecular complexity index is 381. The molecule has 2 rings (SSSR count). The highest BCUT2D eigenvalue weighted by molar-refractivity contribution is 5.65. The zero-order valence-corrected chi connectivity index (χ0v) is 10.2. The Hall–Kier alpha value is -1.29. The van der Waals surface area contributed by atoms with Gasteiger partial charge in [-0.25, -0.2) is 4.39 Å². The molecule has 0 radical (unpaired) electrons. The summed E-state index contributed by atoms with van der Waals surface area (Å²) < 4.78 is 12.9. The quantitative estimate of drug-likeness (QED) is 0.793. The first-order chi connectivity index (χ1) is 8.16. The highest BCUT2D eigenvalue weighted by Gasteiger charge is 2.18. The van der Waals surface area contributed by atoms with Gasteiger partial charge in [0.1, 0.15) is 5.82 Å². The summed E-state index contributed by atoms with van der Waals surface area (Å²) in [6.45, 7) is 2.03. The van der Waals surface area contributed by atoms with Crippen LogP contribution in [0.25, 0.3) is 0 Å². The van der Waals surface area contributed by atoms with Crippen LogP contribution >= 0.6 is 0 Å². The molecule has 1 saturated heterocycles. The molecule has 0 aliphatic carbocycles. The third-order valence-electron chi connectivity index (χ3n) is 3.46. The molecule has 1 aliphatic rings. The number of nitrogen functional groups attached to an aromatic ring is 1. The lowest BCUT2D eigenvalue weighted by molar-refractivity contribution is 0.194. The van der Waals surface area contributed by atoms with Gasteiger partial charge in [-0.05, 0) is 44.6 Å². The fraction of sp³-hybridized carbons (Fsp3) is 0.538. The number of nitrogens with one attached hydrogen (secondary N) is 1. The zero-order chi connectivity index (χ0) is 12.3. The SMILES string of the molecule is CN1CCCCC1CNc1ccc(F)cc1N. The highest BCUT2D eigenvalue weighted by Crippen LogP contribution is 2.21. The van der Waals surface area contributed by atoms with Gasteiger partial charge in [0.15, 0.2) is 0 Å². The van der Waals surface area contributed by atoms with Gasteiger partial charge in [-0.1, -0.05) is 6.42 Å². The molecular weight excluding hydrogens is 217 g/mol. The molecule has 1 fully saturated rings. The third kappa shape index (κ3) is 3.09. The maximum Gasteiger partial charge on any atom is 0.125 e. The number of halogens is 1. The second kappa shape index (κ2) is 5.36. The van der Waals surface area contributed by atoms with Gasteiger partial charge in [0.05, 0.1) is 11.4 Å². The molecule has 1 heterocycles. The zero-order valence-electron chi connectivity index (χ0n) is 10.2. The standard InChI is InChI=1S/C13H20FN3/c1-17-7-3-2-4-11(17)9-16-13-6-5-10(14)8-12(13)15/h5-6,8,11,16H,2-4,7,9,15H2,1H3. The van der Waals surface area contributed by atoms with Crippen molar-refractivity contribution in [2.24, 2.45) is 0 Å². The summed E-state index contributed by atoms with van der Waals surface area (Å²) in [5.74, 6) is -0.289. The molecule has 4 heteroatoms. The van der Waals surface area contributed by atoms with Gasteiger partial charge in [0.25, 0.3) is 0 Å². The van der Waals surface area contributed by atoms with Crippen LogP contribution < -0.4 is 11.1 Å². The van der Waals surface area contributed by atoms with E-state index in [1.165, 1.54) is 31.4 Å². The molecule has 3 nitrogen and oxygen atoms in total. The Labute approximate surface area is 102 Å². The van der Waals surface area contributed by atoms with Gasteiger partial charge in [-0.3, -0.25) is 0 Å². The van der Waals surface area contributed by atoms with Gasteiger partial charge in [0, 0.05) is 12.6 Å². The smallest absolute Gasteiger partial charge is 0.125 e. The van der Waals surface area contributed by atoms with Crippen molar-refractivity contribution in [3.8, 4) is 0 Å². The number of benzene rings is 1. The van der Waals surface area contributed by atoms with Gasteiger partial charge < -0.3 is 16.0 Å². The molecule has 1 aromatic rings. The van der Waals surface area contributed by atoms with Gasteiger partial charge in [-0.2, -0.15) is 0 Å². The molecule has 1 aromatic carbocycles. The van der Waals surface area contributed by atoms with Crippen molar-refractivity contribution in [2.45, 2.75) is 25.3 Å². The van der Waals surface area contributed by atoms with E-state index in [2.05, 4.69) is 17.3 Å². The van der Waals surface area contributed by atoms with Crippen LogP contribution in [0.4, 0.5) is 15.8 Å². The van der Waals surface area contributed by atoms with Gasteiger partial charge >= 0.3 is 0 Å². The van der Waals surface area contributed by atoms with E-state index >= 15 is 0 Å². The Morgan fingerprint density at radius 2 is 2.29 bits per heavy atom. The molecule has 17 heavy (non-hydrogen) atoms. The Morgan fingerprint density at radius 1 is 1.47 bits per heavy atom. The molecular formula is C13H20FN3. The summed E-state index contributed by atoms with van der Waals surface area (Å²) in [5, 5.41) is 3.31. The molecule has 1 aliphatic heterocycles. The lowest BCUT2D eigenvalue weighted by Crippen LogP contribution is -2.40. The molecule has 94 valence electrons. The van der Waals surface area contributed by atoms with E-state index in [0.717, 1.165) is 18.8 Å². The van der Waals surface area contributed by atoms with Crippen LogP contribution in [-0.4, -0.2) is 31.1 Å². The van der Waals surface area contributed by atoms with E-state index in [-0.39, 0.29) is 5.82 Å². The maximum absolute atomic E-state index is 12.9. The molecule has 0 bridgehead atoms. The minimum Gasteiger partial charge on any atom is -0.397 e. The molecule has 1 atom stereocenters. The molecule has 0 spiro atoms. The van der Waals surface area contributed by atoms with Crippen molar-refractivity contribution in [3.05, 3.63) is 24.0 Å². The van der Waals surface area contributed by atoms with Crippen molar-refractivity contribution in [2.75, 3.05) is 31.2 Å². The fourth-order valence-electron chi connectivity index (χ4n) is 2.32. The monoisotopic (exact) mass is 237 g/mol. The Morgan fingerprint density at radius 3 is 3.00 bits per heavy atom. The summed E-state index contributed by atoms with van der Waals surface area (Å²) in [6.07, 6.45) is 3.78. The van der Waals surface area contributed by atoms with E-state index in [1.54, 1.807) is 6.07 Å². The lowest BCUT2D eigenvalue weighted by atomic mass is 10.0. The number of hydrogen-bond acceptors (Lipinski definition) is 3. The highest BCUT2D eigenvalue weighted by atomic mass is 19.1. The second-order valence-corrected chi connectivity index (χ2v) is 4.74. The number of nitrogens with zero attached hydrogens (tertiary/aromatic N) is 1. The summed E-state index contributed by atoms with van der Waals surface area (Å²) in [6, 6.07) is 5.04. The van der Waals surface area contributed by atoms with Crippen LogP contribution in [-0.2, 0) is 0 Å². The Kier molecular flexibility index (Phi) is 3.84. The fourth-order valence-corrected chi connectivity index (χ4v) is 2.32. The maximum atomic E-state index is 12.9. The molecule has 1 unspecified atom stereocenters. The minimum atomic E-state index is -0.289. The summed E-state index contributed by atoms with van der Waals surface area (Å²) in [7, 11) is 2.15. The average Bonchev–Trinajstić information content (AvgIpc) is 2.30. The van der Waals surface area contributed by atoms with Crippen LogP contribution in [0.2, 0.25) is 0 Å². The number of anilines is 2. The van der Waals surface area contributed by atoms with E-state index in [0.29, 0.717) is 11.7 Å². The molecule has 0 saturated carbocycles. The predicted molar refractivity (Wildman–Crippen MR) is 69.6 cm³/mol. The van der Waals surface area contributed by atoms with Crippen LogP contribution in [0.15, 0.2) is 18.2 Å². The number of likely N-dealkylation sites (tertiary alicyclic amines) is 1. The molecule has 0 aromatic heterocycles. The van der Waals surface area contributed by atoms with Crippen LogP contribution in [0, 0.1) is 5.82 Å². The number of likely N-dealkylation sites (N-methyl/N-ethyl adjacent to an activating group) is 1. The average molecular weight is 237 g/mol. The van der Waals surface area contributed by atoms with E-state index in [1.807, 2.05) is 0 Å². The normalized spacial score (nSPS) is 21.4.